The minimum absolute atomic E-state index is 0.157. The summed E-state index contributed by atoms with van der Waals surface area (Å²) in [5, 5.41) is 12.7. The zero-order valence-electron chi connectivity index (χ0n) is 18.2. The Bertz CT molecular complexity index is 1270. The molecule has 1 heterocycles. The predicted octanol–water partition coefficient (Wildman–Crippen LogP) is 3.71. The fourth-order valence-electron chi connectivity index (χ4n) is 3.80. The van der Waals surface area contributed by atoms with Crippen molar-refractivity contribution in [3.63, 3.8) is 0 Å². The number of hydrogen-bond acceptors (Lipinski definition) is 7. The Morgan fingerprint density at radius 3 is 2.38 bits per heavy atom. The van der Waals surface area contributed by atoms with Gasteiger partial charge in [0.05, 0.1) is 17.7 Å². The zero-order chi connectivity index (χ0) is 24.2. The minimum Gasteiger partial charge on any atom is -0.507 e. The Morgan fingerprint density at radius 2 is 1.68 bits per heavy atom. The molecule has 0 unspecified atom stereocenters. The van der Waals surface area contributed by atoms with Gasteiger partial charge in [-0.1, -0.05) is 30.3 Å². The molecule has 0 fully saturated rings. The number of benzene rings is 3. The summed E-state index contributed by atoms with van der Waals surface area (Å²) in [6.45, 7) is 2.31. The highest BCUT2D eigenvalue weighted by atomic mass is 16.5. The molecule has 2 N–H and O–H groups in total. The number of para-hydroxylation sites is 1. The molecule has 8 nitrogen and oxygen atoms in total. The van der Waals surface area contributed by atoms with E-state index < -0.39 is 35.5 Å². The van der Waals surface area contributed by atoms with Crippen LogP contribution in [0.1, 0.15) is 39.3 Å². The maximum absolute atomic E-state index is 13.4. The van der Waals surface area contributed by atoms with E-state index in [4.69, 9.17) is 9.47 Å². The van der Waals surface area contributed by atoms with Crippen LogP contribution in [0.3, 0.4) is 0 Å². The van der Waals surface area contributed by atoms with Gasteiger partial charge in [0.25, 0.3) is 5.91 Å². The lowest BCUT2D eigenvalue weighted by Crippen LogP contribution is -2.38. The Balaban J connectivity index is 1.67. The first-order valence-corrected chi connectivity index (χ1v) is 10.6. The highest BCUT2D eigenvalue weighted by molar-refractivity contribution is 6.45. The fourth-order valence-corrected chi connectivity index (χ4v) is 3.80. The molecule has 1 aliphatic rings. The molecular formula is C26H21NO7. The van der Waals surface area contributed by atoms with Crippen molar-refractivity contribution in [1.82, 2.24) is 0 Å². The smallest absolute Gasteiger partial charge is 0.339 e. The van der Waals surface area contributed by atoms with E-state index in [0.717, 1.165) is 0 Å². The van der Waals surface area contributed by atoms with Crippen molar-refractivity contribution in [3.8, 4) is 11.5 Å². The van der Waals surface area contributed by atoms with E-state index in [1.807, 2.05) is 6.92 Å². The fraction of sp³-hybridized carbons (Fsp3) is 0.154. The van der Waals surface area contributed by atoms with Gasteiger partial charge < -0.3 is 19.9 Å². The molecule has 0 bridgehead atoms. The highest BCUT2D eigenvalue weighted by Gasteiger charge is 2.46. The number of phenols is 1. The number of Topliss-reactive ketones (excluding diaryl/α,β-unsaturated/α-hetero) is 2. The second-order valence-corrected chi connectivity index (χ2v) is 7.55. The Labute approximate surface area is 195 Å². The van der Waals surface area contributed by atoms with Crippen LogP contribution in [0.5, 0.6) is 11.5 Å². The molecule has 0 aliphatic carbocycles. The van der Waals surface area contributed by atoms with E-state index in [-0.39, 0.29) is 16.9 Å². The predicted molar refractivity (Wildman–Crippen MR) is 122 cm³/mol. The number of carbonyl (C=O) groups is 4. The Morgan fingerprint density at radius 1 is 1.00 bits per heavy atom. The number of hydrogen-bond donors (Lipinski definition) is 2. The summed E-state index contributed by atoms with van der Waals surface area (Å²) >= 11 is 0. The number of ketones is 2. The van der Waals surface area contributed by atoms with Gasteiger partial charge in [-0.05, 0) is 49.4 Å². The first kappa shape index (κ1) is 22.7. The van der Waals surface area contributed by atoms with Gasteiger partial charge in [-0.15, -0.1) is 0 Å². The van der Waals surface area contributed by atoms with Gasteiger partial charge in [-0.3, -0.25) is 14.4 Å². The second-order valence-electron chi connectivity index (χ2n) is 7.55. The molecule has 0 aromatic heterocycles. The molecule has 1 amide bonds. The summed E-state index contributed by atoms with van der Waals surface area (Å²) in [5.74, 6) is -5.14. The highest BCUT2D eigenvalue weighted by Crippen LogP contribution is 2.39. The number of cyclic esters (lactones) is 1. The number of rotatable bonds is 8. The summed E-state index contributed by atoms with van der Waals surface area (Å²) in [6, 6.07) is 18.4. The number of anilines is 1. The zero-order valence-corrected chi connectivity index (χ0v) is 18.2. The summed E-state index contributed by atoms with van der Waals surface area (Å²) in [4.78, 5) is 52.0. The number of phenolic OH excluding ortho intramolecular Hbond substituents is 1. The van der Waals surface area contributed by atoms with E-state index >= 15 is 0 Å². The summed E-state index contributed by atoms with van der Waals surface area (Å²) in [7, 11) is 0. The number of carbonyl (C=O) groups excluding carboxylic acids is 4. The lowest BCUT2D eigenvalue weighted by Gasteiger charge is -2.21. The number of aromatic hydroxyl groups is 1. The van der Waals surface area contributed by atoms with Crippen molar-refractivity contribution in [1.29, 1.82) is 0 Å². The van der Waals surface area contributed by atoms with Crippen LogP contribution >= 0.6 is 0 Å². The molecule has 34 heavy (non-hydrogen) atoms. The maximum Gasteiger partial charge on any atom is 0.339 e. The average Bonchev–Trinajstić information content (AvgIpc) is 3.17. The van der Waals surface area contributed by atoms with Crippen LogP contribution in [0.15, 0.2) is 72.8 Å². The monoisotopic (exact) mass is 459 g/mol. The standard InChI is InChI=1S/C26H21NO7/c1-2-33-16-13-11-15(12-14-16)27-25(31)23(30)21(22(29)19-9-5-6-10-20(19)28)24-17-7-3-4-8-18(17)26(32)34-24/h3-14,21,24,28H,2H2,1H3,(H,27,31)/t21-,24+/m1/s1. The first-order chi connectivity index (χ1) is 16.4. The first-order valence-electron chi connectivity index (χ1n) is 10.6. The largest absolute Gasteiger partial charge is 0.507 e. The van der Waals surface area contributed by atoms with Crippen molar-refractivity contribution >= 4 is 29.1 Å². The SMILES string of the molecule is CCOc1ccc(NC(=O)C(=O)[C@@H](C(=O)c2ccccc2O)[C@H]2OC(=O)c3ccccc32)cc1. The van der Waals surface area contributed by atoms with Crippen LogP contribution in [0, 0.1) is 5.92 Å². The molecule has 8 heteroatoms. The van der Waals surface area contributed by atoms with Crippen molar-refractivity contribution in [2.24, 2.45) is 5.92 Å². The van der Waals surface area contributed by atoms with Gasteiger partial charge in [0.1, 0.15) is 23.5 Å². The third-order valence-corrected chi connectivity index (χ3v) is 5.41. The van der Waals surface area contributed by atoms with Crippen LogP contribution in [0.4, 0.5) is 5.69 Å². The van der Waals surface area contributed by atoms with Gasteiger partial charge in [-0.25, -0.2) is 4.79 Å². The quantitative estimate of drug-likeness (QED) is 0.228. The van der Waals surface area contributed by atoms with Crippen LogP contribution in [-0.4, -0.2) is 35.2 Å². The number of ether oxygens (including phenoxy) is 2. The number of nitrogens with one attached hydrogen (secondary N) is 1. The lowest BCUT2D eigenvalue weighted by molar-refractivity contribution is -0.138. The van der Waals surface area contributed by atoms with Crippen molar-refractivity contribution in [2.45, 2.75) is 13.0 Å². The van der Waals surface area contributed by atoms with Crippen molar-refractivity contribution < 1.29 is 33.8 Å². The van der Waals surface area contributed by atoms with Gasteiger partial charge in [0.15, 0.2) is 5.78 Å². The maximum atomic E-state index is 13.4. The molecule has 0 saturated carbocycles. The van der Waals surface area contributed by atoms with E-state index in [1.165, 1.54) is 30.3 Å². The van der Waals surface area contributed by atoms with E-state index in [1.54, 1.807) is 42.5 Å². The third kappa shape index (κ3) is 4.38. The van der Waals surface area contributed by atoms with Crippen LogP contribution in [-0.2, 0) is 14.3 Å². The average molecular weight is 459 g/mol. The Hall–Kier alpha value is -4.46. The normalized spacial score (nSPS) is 15.1. The van der Waals surface area contributed by atoms with Gasteiger partial charge in [0.2, 0.25) is 5.78 Å². The summed E-state index contributed by atoms with van der Waals surface area (Å²) < 4.78 is 10.7. The number of esters is 1. The molecule has 0 radical (unpaired) electrons. The summed E-state index contributed by atoms with van der Waals surface area (Å²) in [5.41, 5.74) is 0.695. The molecule has 3 aromatic carbocycles. The van der Waals surface area contributed by atoms with E-state index in [0.29, 0.717) is 23.6 Å². The molecule has 1 aliphatic heterocycles. The Kier molecular flexibility index (Phi) is 6.40. The number of fused-ring (bicyclic) bond motifs is 1. The molecule has 172 valence electrons. The molecule has 2 atom stereocenters. The van der Waals surface area contributed by atoms with Crippen LogP contribution in [0.2, 0.25) is 0 Å². The van der Waals surface area contributed by atoms with Crippen LogP contribution in [0.25, 0.3) is 0 Å². The van der Waals surface area contributed by atoms with Crippen molar-refractivity contribution in [3.05, 3.63) is 89.5 Å². The molecule has 0 saturated heterocycles. The lowest BCUT2D eigenvalue weighted by atomic mass is 9.84. The molecular weight excluding hydrogens is 438 g/mol. The van der Waals surface area contributed by atoms with Crippen molar-refractivity contribution in [2.75, 3.05) is 11.9 Å². The molecule has 4 rings (SSSR count). The van der Waals surface area contributed by atoms with Gasteiger partial charge in [-0.2, -0.15) is 0 Å². The second kappa shape index (κ2) is 9.58. The third-order valence-electron chi connectivity index (χ3n) is 5.41. The van der Waals surface area contributed by atoms with Gasteiger partial charge >= 0.3 is 5.97 Å². The van der Waals surface area contributed by atoms with Gasteiger partial charge in [0, 0.05) is 11.3 Å². The summed E-state index contributed by atoms with van der Waals surface area (Å²) in [6.07, 6.45) is -1.31. The topological polar surface area (TPSA) is 119 Å². The minimum atomic E-state index is -1.69. The molecule has 0 spiro atoms. The molecule has 3 aromatic rings. The van der Waals surface area contributed by atoms with Crippen LogP contribution < -0.4 is 10.1 Å². The van der Waals surface area contributed by atoms with E-state index in [2.05, 4.69) is 5.32 Å². The van der Waals surface area contributed by atoms with E-state index in [9.17, 15) is 24.3 Å². The number of amides is 1.